The summed E-state index contributed by atoms with van der Waals surface area (Å²) >= 11 is 0. The summed E-state index contributed by atoms with van der Waals surface area (Å²) in [4.78, 5) is 23.2. The average Bonchev–Trinajstić information content (AvgIpc) is 3.02. The summed E-state index contributed by atoms with van der Waals surface area (Å²) in [5, 5.41) is 0. The molecule has 0 radical (unpaired) electrons. The number of Topliss-reactive ketones (excluding diaryl/α,β-unsaturated/α-hetero) is 2. The maximum Gasteiger partial charge on any atom is 0.158 e. The second-order valence-corrected chi connectivity index (χ2v) is 5.56. The van der Waals surface area contributed by atoms with Gasteiger partial charge in [-0.1, -0.05) is 24.3 Å². The van der Waals surface area contributed by atoms with Gasteiger partial charge < -0.3 is 0 Å². The highest BCUT2D eigenvalue weighted by Crippen LogP contribution is 2.25. The highest BCUT2D eigenvalue weighted by Gasteiger charge is 2.17. The molecule has 0 atom stereocenters. The van der Waals surface area contributed by atoms with E-state index in [0.29, 0.717) is 12.8 Å². The molecule has 20 heavy (non-hydrogen) atoms. The van der Waals surface area contributed by atoms with E-state index in [1.54, 1.807) is 0 Å². The molecule has 0 saturated heterocycles. The number of hydrogen-bond acceptors (Lipinski definition) is 2. The van der Waals surface area contributed by atoms with Crippen LogP contribution in [-0.4, -0.2) is 11.6 Å². The lowest BCUT2D eigenvalue weighted by molar-refractivity contribution is -0.115. The van der Waals surface area contributed by atoms with Crippen molar-refractivity contribution in [2.45, 2.75) is 38.5 Å². The highest BCUT2D eigenvalue weighted by atomic mass is 16.1. The minimum Gasteiger partial charge on any atom is -0.295 e. The second kappa shape index (κ2) is 5.58. The van der Waals surface area contributed by atoms with Crippen molar-refractivity contribution in [2.24, 2.45) is 0 Å². The predicted octanol–water partition coefficient (Wildman–Crippen LogP) is 3.96. The monoisotopic (exact) mass is 266 g/mol. The lowest BCUT2D eigenvalue weighted by atomic mass is 10.0. The van der Waals surface area contributed by atoms with E-state index in [2.05, 4.69) is 0 Å². The lowest BCUT2D eigenvalue weighted by Gasteiger charge is -2.00. The molecular weight excluding hydrogens is 248 g/mol. The molecule has 1 aromatic rings. The van der Waals surface area contributed by atoms with Crippen LogP contribution in [0.4, 0.5) is 0 Å². The van der Waals surface area contributed by atoms with Crippen LogP contribution in [0.15, 0.2) is 35.4 Å². The van der Waals surface area contributed by atoms with Crippen LogP contribution in [0.25, 0.3) is 12.2 Å². The first-order valence-corrected chi connectivity index (χ1v) is 7.30. The third-order valence-corrected chi connectivity index (χ3v) is 4.03. The summed E-state index contributed by atoms with van der Waals surface area (Å²) in [7, 11) is 0. The molecule has 0 unspecified atom stereocenters. The molecule has 2 fully saturated rings. The smallest absolute Gasteiger partial charge is 0.158 e. The summed E-state index contributed by atoms with van der Waals surface area (Å²) in [6, 6.07) is 8.07. The van der Waals surface area contributed by atoms with Gasteiger partial charge in [0.05, 0.1) is 0 Å². The number of rotatable bonds is 2. The van der Waals surface area contributed by atoms with Crippen LogP contribution >= 0.6 is 0 Å². The van der Waals surface area contributed by atoms with E-state index in [-0.39, 0.29) is 11.6 Å². The van der Waals surface area contributed by atoms with Crippen molar-refractivity contribution in [1.29, 1.82) is 0 Å². The van der Waals surface area contributed by atoms with Gasteiger partial charge in [0, 0.05) is 12.8 Å². The van der Waals surface area contributed by atoms with Crippen molar-refractivity contribution < 1.29 is 9.59 Å². The number of benzene rings is 1. The van der Waals surface area contributed by atoms with Crippen molar-refractivity contribution in [3.63, 3.8) is 0 Å². The number of carbonyl (C=O) groups is 2. The molecule has 1 aromatic carbocycles. The molecular formula is C18H18O2. The Kier molecular flexibility index (Phi) is 3.64. The Morgan fingerprint density at radius 1 is 0.650 bits per heavy atom. The van der Waals surface area contributed by atoms with Gasteiger partial charge in [0.15, 0.2) is 11.6 Å². The van der Waals surface area contributed by atoms with Gasteiger partial charge in [-0.3, -0.25) is 9.59 Å². The van der Waals surface area contributed by atoms with Gasteiger partial charge in [0.25, 0.3) is 0 Å². The fourth-order valence-electron chi connectivity index (χ4n) is 2.87. The van der Waals surface area contributed by atoms with Gasteiger partial charge in [0.1, 0.15) is 0 Å². The number of allylic oxidation sites excluding steroid dienone is 2. The number of carbonyl (C=O) groups excluding carboxylic acids is 2. The van der Waals surface area contributed by atoms with Gasteiger partial charge >= 0.3 is 0 Å². The molecule has 0 bridgehead atoms. The normalized spacial score (nSPS) is 23.2. The van der Waals surface area contributed by atoms with E-state index in [4.69, 9.17) is 0 Å². The minimum atomic E-state index is 0.285. The first-order chi connectivity index (χ1) is 9.72. The fourth-order valence-corrected chi connectivity index (χ4v) is 2.87. The maximum atomic E-state index is 11.6. The van der Waals surface area contributed by atoms with Gasteiger partial charge in [-0.2, -0.15) is 0 Å². The van der Waals surface area contributed by atoms with Crippen LogP contribution in [0.3, 0.4) is 0 Å². The highest BCUT2D eigenvalue weighted by molar-refractivity contribution is 6.02. The molecule has 3 rings (SSSR count). The van der Waals surface area contributed by atoms with Crippen molar-refractivity contribution in [1.82, 2.24) is 0 Å². The number of ketones is 2. The predicted molar refractivity (Wildman–Crippen MR) is 80.1 cm³/mol. The van der Waals surface area contributed by atoms with E-state index in [1.807, 2.05) is 36.4 Å². The van der Waals surface area contributed by atoms with Crippen LogP contribution in [0.5, 0.6) is 0 Å². The zero-order valence-electron chi connectivity index (χ0n) is 11.5. The van der Waals surface area contributed by atoms with Gasteiger partial charge in [-0.05, 0) is 60.1 Å². The Bertz CT molecular complexity index is 548. The minimum absolute atomic E-state index is 0.285. The summed E-state index contributed by atoms with van der Waals surface area (Å²) in [5.74, 6) is 0.570. The summed E-state index contributed by atoms with van der Waals surface area (Å²) < 4.78 is 0. The third-order valence-electron chi connectivity index (χ3n) is 4.03. The fraction of sp³-hybridized carbons (Fsp3) is 0.333. The molecule has 2 aliphatic carbocycles. The van der Waals surface area contributed by atoms with E-state index < -0.39 is 0 Å². The Morgan fingerprint density at radius 3 is 1.35 bits per heavy atom. The lowest BCUT2D eigenvalue weighted by Crippen LogP contribution is -1.91. The van der Waals surface area contributed by atoms with E-state index in [0.717, 1.165) is 48.0 Å². The van der Waals surface area contributed by atoms with E-state index in [9.17, 15) is 9.59 Å². The zero-order chi connectivity index (χ0) is 13.9. The van der Waals surface area contributed by atoms with Crippen LogP contribution in [0.2, 0.25) is 0 Å². The molecule has 0 heterocycles. The molecule has 2 nitrogen and oxygen atoms in total. The van der Waals surface area contributed by atoms with Gasteiger partial charge in [-0.15, -0.1) is 0 Å². The standard InChI is InChI=1S/C18H18O2/c19-17-5-1-3-15(17)11-13-7-9-14(10-8-13)12-16-4-2-6-18(16)20/h7-12H,1-6H2/b15-11+,16-12+. The third kappa shape index (κ3) is 2.79. The molecule has 0 N–H and O–H groups in total. The molecule has 0 aliphatic heterocycles. The molecule has 0 amide bonds. The molecule has 2 heteroatoms. The van der Waals surface area contributed by atoms with Crippen molar-refractivity contribution in [2.75, 3.05) is 0 Å². The molecule has 2 saturated carbocycles. The van der Waals surface area contributed by atoms with Crippen LogP contribution in [0, 0.1) is 0 Å². The first-order valence-electron chi connectivity index (χ1n) is 7.30. The molecule has 0 aromatic heterocycles. The quantitative estimate of drug-likeness (QED) is 0.759. The van der Waals surface area contributed by atoms with Crippen LogP contribution in [-0.2, 0) is 9.59 Å². The Morgan fingerprint density at radius 2 is 1.05 bits per heavy atom. The maximum absolute atomic E-state index is 11.6. The van der Waals surface area contributed by atoms with Crippen molar-refractivity contribution in [3.05, 3.63) is 46.5 Å². The average molecular weight is 266 g/mol. The van der Waals surface area contributed by atoms with Crippen LogP contribution in [0.1, 0.15) is 49.7 Å². The van der Waals surface area contributed by atoms with Crippen molar-refractivity contribution in [3.8, 4) is 0 Å². The molecule has 0 spiro atoms. The van der Waals surface area contributed by atoms with Crippen molar-refractivity contribution >= 4 is 23.7 Å². The summed E-state index contributed by atoms with van der Waals surface area (Å²) in [5.41, 5.74) is 4.02. The van der Waals surface area contributed by atoms with Gasteiger partial charge in [0.2, 0.25) is 0 Å². The van der Waals surface area contributed by atoms with E-state index >= 15 is 0 Å². The summed E-state index contributed by atoms with van der Waals surface area (Å²) in [6.45, 7) is 0. The largest absolute Gasteiger partial charge is 0.295 e. The number of hydrogen-bond donors (Lipinski definition) is 0. The SMILES string of the molecule is O=C1CCC/C1=C\c1ccc(/C=C2\CCCC2=O)cc1. The first kappa shape index (κ1) is 13.0. The topological polar surface area (TPSA) is 34.1 Å². The molecule has 2 aliphatic rings. The Labute approximate surface area is 119 Å². The van der Waals surface area contributed by atoms with E-state index in [1.165, 1.54) is 0 Å². The Hall–Kier alpha value is -1.96. The zero-order valence-corrected chi connectivity index (χ0v) is 11.5. The van der Waals surface area contributed by atoms with Crippen LogP contribution < -0.4 is 0 Å². The van der Waals surface area contributed by atoms with Gasteiger partial charge in [-0.25, -0.2) is 0 Å². The summed E-state index contributed by atoms with van der Waals surface area (Å²) in [6.07, 6.45) is 9.14. The second-order valence-electron chi connectivity index (χ2n) is 5.56. The Balaban J connectivity index is 1.78. The molecule has 102 valence electrons.